The van der Waals surface area contributed by atoms with Gasteiger partial charge in [-0.15, -0.1) is 0 Å². The molecule has 0 saturated carbocycles. The van der Waals surface area contributed by atoms with Crippen LogP contribution < -0.4 is 5.32 Å². The predicted octanol–water partition coefficient (Wildman–Crippen LogP) is 2.37. The van der Waals surface area contributed by atoms with Gasteiger partial charge in [-0.05, 0) is 17.7 Å². The minimum Gasteiger partial charge on any atom is -0.449 e. The molecule has 1 amide bonds. The van der Waals surface area contributed by atoms with Gasteiger partial charge in [-0.1, -0.05) is 26.0 Å². The summed E-state index contributed by atoms with van der Waals surface area (Å²) in [6, 6.07) is 9.25. The SMILES string of the molecule is CC1(C)COC(=O)N[C@H]1c1ccc(C#N)cc1. The second-order valence-corrected chi connectivity index (χ2v) is 4.88. The van der Waals surface area contributed by atoms with Crippen molar-refractivity contribution in [3.05, 3.63) is 35.4 Å². The zero-order valence-corrected chi connectivity index (χ0v) is 9.86. The molecule has 1 aromatic rings. The molecule has 1 aliphatic rings. The molecule has 1 atom stereocenters. The van der Waals surface area contributed by atoms with E-state index in [1.807, 2.05) is 26.0 Å². The van der Waals surface area contributed by atoms with Gasteiger partial charge in [0.25, 0.3) is 0 Å². The summed E-state index contributed by atoms with van der Waals surface area (Å²) in [5.41, 5.74) is 1.44. The number of nitrogens with zero attached hydrogens (tertiary/aromatic N) is 1. The van der Waals surface area contributed by atoms with Crippen LogP contribution in [0.25, 0.3) is 0 Å². The number of benzene rings is 1. The van der Waals surface area contributed by atoms with E-state index in [9.17, 15) is 4.79 Å². The van der Waals surface area contributed by atoms with Crippen LogP contribution in [0.1, 0.15) is 31.0 Å². The van der Waals surface area contributed by atoms with E-state index in [0.717, 1.165) is 5.56 Å². The number of nitriles is 1. The molecule has 0 unspecified atom stereocenters. The first-order valence-electron chi connectivity index (χ1n) is 5.46. The van der Waals surface area contributed by atoms with Crippen LogP contribution in [0.15, 0.2) is 24.3 Å². The topological polar surface area (TPSA) is 62.1 Å². The van der Waals surface area contributed by atoms with Gasteiger partial charge in [-0.3, -0.25) is 0 Å². The molecule has 88 valence electrons. The molecule has 1 N–H and O–H groups in total. The molecule has 4 nitrogen and oxygen atoms in total. The van der Waals surface area contributed by atoms with Crippen molar-refractivity contribution >= 4 is 6.09 Å². The number of rotatable bonds is 1. The number of hydrogen-bond acceptors (Lipinski definition) is 3. The fourth-order valence-electron chi connectivity index (χ4n) is 1.97. The highest BCUT2D eigenvalue weighted by Gasteiger charge is 2.37. The Morgan fingerprint density at radius 1 is 1.41 bits per heavy atom. The van der Waals surface area contributed by atoms with Crippen molar-refractivity contribution in [2.45, 2.75) is 19.9 Å². The van der Waals surface area contributed by atoms with Crippen molar-refractivity contribution in [1.29, 1.82) is 5.26 Å². The average molecular weight is 230 g/mol. The number of nitrogens with one attached hydrogen (secondary N) is 1. The maximum absolute atomic E-state index is 11.3. The van der Waals surface area contributed by atoms with Crippen LogP contribution >= 0.6 is 0 Å². The monoisotopic (exact) mass is 230 g/mol. The summed E-state index contributed by atoms with van der Waals surface area (Å²) in [5.74, 6) is 0. The summed E-state index contributed by atoms with van der Waals surface area (Å²) in [5, 5.41) is 11.6. The van der Waals surface area contributed by atoms with E-state index in [-0.39, 0.29) is 11.5 Å². The van der Waals surface area contributed by atoms with Gasteiger partial charge in [0.2, 0.25) is 0 Å². The van der Waals surface area contributed by atoms with Gasteiger partial charge >= 0.3 is 6.09 Å². The number of amides is 1. The Kier molecular flexibility index (Phi) is 2.76. The fourth-order valence-corrected chi connectivity index (χ4v) is 1.97. The lowest BCUT2D eigenvalue weighted by Crippen LogP contribution is -2.46. The maximum Gasteiger partial charge on any atom is 0.407 e. The molecule has 1 saturated heterocycles. The fraction of sp³-hybridized carbons (Fsp3) is 0.385. The van der Waals surface area contributed by atoms with Crippen molar-refractivity contribution in [3.63, 3.8) is 0 Å². The molecular formula is C13H14N2O2. The molecule has 0 bridgehead atoms. The van der Waals surface area contributed by atoms with Crippen LogP contribution in [0.2, 0.25) is 0 Å². The van der Waals surface area contributed by atoms with Crippen LogP contribution in [0.4, 0.5) is 4.79 Å². The van der Waals surface area contributed by atoms with E-state index in [0.29, 0.717) is 12.2 Å². The summed E-state index contributed by atoms with van der Waals surface area (Å²) >= 11 is 0. The molecule has 1 aliphatic heterocycles. The van der Waals surface area contributed by atoms with E-state index in [1.165, 1.54) is 0 Å². The summed E-state index contributed by atoms with van der Waals surface area (Å²) < 4.78 is 4.99. The minimum absolute atomic E-state index is 0.0866. The molecule has 0 spiro atoms. The molecule has 1 aromatic carbocycles. The van der Waals surface area contributed by atoms with E-state index in [4.69, 9.17) is 10.00 Å². The standard InChI is InChI=1S/C13H14N2O2/c1-13(2)8-17-12(16)15-11(13)10-5-3-9(7-14)4-6-10/h3-6,11H,8H2,1-2H3,(H,15,16)/t11-/m0/s1. The smallest absolute Gasteiger partial charge is 0.407 e. The lowest BCUT2D eigenvalue weighted by Gasteiger charge is -2.38. The van der Waals surface area contributed by atoms with Crippen LogP contribution in [0, 0.1) is 16.7 Å². The number of carbonyl (C=O) groups excluding carboxylic acids is 1. The first-order valence-corrected chi connectivity index (χ1v) is 5.46. The quantitative estimate of drug-likeness (QED) is 0.805. The highest BCUT2D eigenvalue weighted by atomic mass is 16.6. The van der Waals surface area contributed by atoms with Crippen molar-refractivity contribution in [2.24, 2.45) is 5.41 Å². The normalized spacial score (nSPS) is 22.2. The first-order chi connectivity index (χ1) is 8.03. The molecule has 17 heavy (non-hydrogen) atoms. The third kappa shape index (κ3) is 2.23. The Balaban J connectivity index is 2.30. The number of cyclic esters (lactones) is 1. The van der Waals surface area contributed by atoms with Gasteiger partial charge in [-0.2, -0.15) is 5.26 Å². The van der Waals surface area contributed by atoms with Gasteiger partial charge in [-0.25, -0.2) is 4.79 Å². The Morgan fingerprint density at radius 3 is 2.65 bits per heavy atom. The van der Waals surface area contributed by atoms with Gasteiger partial charge in [0.05, 0.1) is 17.7 Å². The van der Waals surface area contributed by atoms with Crippen molar-refractivity contribution in [3.8, 4) is 6.07 Å². The molecular weight excluding hydrogens is 216 g/mol. The molecule has 2 rings (SSSR count). The summed E-state index contributed by atoms with van der Waals surface area (Å²) in [4.78, 5) is 11.3. The van der Waals surface area contributed by atoms with Gasteiger partial charge in [0, 0.05) is 5.41 Å². The van der Waals surface area contributed by atoms with Gasteiger partial charge in [0.15, 0.2) is 0 Å². The second kappa shape index (κ2) is 4.10. The molecule has 4 heteroatoms. The molecule has 0 aliphatic carbocycles. The first kappa shape index (κ1) is 11.5. The predicted molar refractivity (Wildman–Crippen MR) is 62.2 cm³/mol. The zero-order valence-electron chi connectivity index (χ0n) is 9.86. The van der Waals surface area contributed by atoms with E-state index >= 15 is 0 Å². The lowest BCUT2D eigenvalue weighted by molar-refractivity contribution is 0.0387. The highest BCUT2D eigenvalue weighted by Crippen LogP contribution is 2.36. The van der Waals surface area contributed by atoms with Crippen LogP contribution in [0.5, 0.6) is 0 Å². The minimum atomic E-state index is -0.390. The number of ether oxygens (including phenoxy) is 1. The number of alkyl carbamates (subject to hydrolysis) is 1. The average Bonchev–Trinajstić information content (AvgIpc) is 2.33. The van der Waals surface area contributed by atoms with Crippen LogP contribution in [0.3, 0.4) is 0 Å². The summed E-state index contributed by atoms with van der Waals surface area (Å²) in [7, 11) is 0. The molecule has 1 fully saturated rings. The maximum atomic E-state index is 11.3. The lowest BCUT2D eigenvalue weighted by atomic mass is 9.80. The van der Waals surface area contributed by atoms with Gasteiger partial charge in [0.1, 0.15) is 6.61 Å². The molecule has 1 heterocycles. The van der Waals surface area contributed by atoms with Gasteiger partial charge < -0.3 is 10.1 Å². The molecule has 0 radical (unpaired) electrons. The van der Waals surface area contributed by atoms with E-state index in [1.54, 1.807) is 12.1 Å². The Morgan fingerprint density at radius 2 is 2.06 bits per heavy atom. The second-order valence-electron chi connectivity index (χ2n) is 4.88. The Labute approximate surface area is 100 Å². The Bertz CT molecular complexity index is 471. The zero-order chi connectivity index (χ0) is 12.5. The highest BCUT2D eigenvalue weighted by molar-refractivity contribution is 5.69. The van der Waals surface area contributed by atoms with E-state index in [2.05, 4.69) is 11.4 Å². The number of carbonyl (C=O) groups is 1. The van der Waals surface area contributed by atoms with Crippen LogP contribution in [-0.4, -0.2) is 12.7 Å². The largest absolute Gasteiger partial charge is 0.449 e. The summed E-state index contributed by atoms with van der Waals surface area (Å²) in [6.07, 6.45) is -0.390. The van der Waals surface area contributed by atoms with Crippen LogP contribution in [-0.2, 0) is 4.74 Å². The van der Waals surface area contributed by atoms with E-state index < -0.39 is 6.09 Å². The van der Waals surface area contributed by atoms with Crippen molar-refractivity contribution in [1.82, 2.24) is 5.32 Å². The Hall–Kier alpha value is -2.02. The molecule has 0 aromatic heterocycles. The number of hydrogen-bond donors (Lipinski definition) is 1. The third-order valence-electron chi connectivity index (χ3n) is 2.99. The van der Waals surface area contributed by atoms with Crippen molar-refractivity contribution < 1.29 is 9.53 Å². The van der Waals surface area contributed by atoms with Crippen molar-refractivity contribution in [2.75, 3.05) is 6.61 Å². The third-order valence-corrected chi connectivity index (χ3v) is 2.99. The summed E-state index contributed by atoms with van der Waals surface area (Å²) in [6.45, 7) is 4.47.